The van der Waals surface area contributed by atoms with E-state index in [2.05, 4.69) is 17.2 Å². The fourth-order valence-corrected chi connectivity index (χ4v) is 1.43. The van der Waals surface area contributed by atoms with Crippen LogP contribution in [-0.2, 0) is 0 Å². The van der Waals surface area contributed by atoms with Crippen LogP contribution in [0.4, 0.5) is 13.2 Å². The van der Waals surface area contributed by atoms with Crippen molar-refractivity contribution in [2.24, 2.45) is 10.7 Å². The Labute approximate surface area is 70.0 Å². The molecule has 7 heteroatoms. The van der Waals surface area contributed by atoms with Gasteiger partial charge in [0.25, 0.3) is 0 Å². The van der Waals surface area contributed by atoms with Crippen LogP contribution in [0.3, 0.4) is 0 Å². The van der Waals surface area contributed by atoms with E-state index < -0.39 is 17.4 Å². The maximum absolute atomic E-state index is 11.8. The molecule has 0 aliphatic carbocycles. The van der Waals surface area contributed by atoms with Crippen molar-refractivity contribution >= 4 is 33.2 Å². The van der Waals surface area contributed by atoms with Crippen molar-refractivity contribution in [1.82, 2.24) is 0 Å². The molecule has 2 nitrogen and oxygen atoms in total. The molecule has 1 atom stereocenters. The van der Waals surface area contributed by atoms with E-state index in [4.69, 9.17) is 5.73 Å². The Morgan fingerprint density at radius 2 is 2.09 bits per heavy atom. The van der Waals surface area contributed by atoms with Gasteiger partial charge in [-0.3, -0.25) is 0 Å². The van der Waals surface area contributed by atoms with Crippen LogP contribution in [0.2, 0.25) is 0 Å². The highest BCUT2D eigenvalue weighted by atomic mass is 32.2. The molecule has 0 amide bonds. The molecular weight excluding hydrogens is 197 g/mol. The van der Waals surface area contributed by atoms with Gasteiger partial charge in [-0.25, -0.2) is 4.99 Å². The lowest BCUT2D eigenvalue weighted by atomic mass is 10.6. The third-order valence-corrected chi connectivity index (χ3v) is 2.40. The van der Waals surface area contributed by atoms with Gasteiger partial charge in [-0.05, 0) is 0 Å². The molecule has 0 saturated carbocycles. The first kappa shape index (κ1) is 8.95. The van der Waals surface area contributed by atoms with Crippen molar-refractivity contribution in [2.75, 3.05) is 0 Å². The topological polar surface area (TPSA) is 38.4 Å². The second-order valence-corrected chi connectivity index (χ2v) is 3.53. The fraction of sp³-hybridized carbons (Fsp3) is 0.500. The number of hydrogen-bond donors (Lipinski definition) is 1. The molecule has 11 heavy (non-hydrogen) atoms. The van der Waals surface area contributed by atoms with Crippen LogP contribution < -0.4 is 5.73 Å². The quantitative estimate of drug-likeness (QED) is 0.599. The molecule has 0 bridgehead atoms. The second kappa shape index (κ2) is 2.72. The second-order valence-electron chi connectivity index (χ2n) is 1.80. The highest BCUT2D eigenvalue weighted by Crippen LogP contribution is 2.31. The number of thioether (sulfide) groups is 1. The largest absolute Gasteiger partial charge is 0.439 e. The third-order valence-electron chi connectivity index (χ3n) is 0.938. The smallest absolute Gasteiger partial charge is 0.305 e. The summed E-state index contributed by atoms with van der Waals surface area (Å²) in [6.45, 7) is 0. The molecular formula is C4H3F3N2S2. The predicted octanol–water partition coefficient (Wildman–Crippen LogP) is 1.31. The standard InChI is InChI=1S/C4H3F3N2S2/c5-4(6,7)3-9-1(8)2(10)11-3/h1H,8H2. The number of hydrogen-bond acceptors (Lipinski definition) is 4. The van der Waals surface area contributed by atoms with Gasteiger partial charge in [0.2, 0.25) is 0 Å². The minimum absolute atomic E-state index is 0.0670. The molecule has 0 radical (unpaired) electrons. The lowest BCUT2D eigenvalue weighted by molar-refractivity contribution is -0.0555. The van der Waals surface area contributed by atoms with Crippen molar-refractivity contribution in [2.45, 2.75) is 12.3 Å². The summed E-state index contributed by atoms with van der Waals surface area (Å²) in [6.07, 6.45) is -5.39. The first-order chi connectivity index (χ1) is 4.91. The van der Waals surface area contributed by atoms with Crippen LogP contribution in [-0.4, -0.2) is 21.6 Å². The van der Waals surface area contributed by atoms with Gasteiger partial charge in [-0.1, -0.05) is 24.0 Å². The van der Waals surface area contributed by atoms with Crippen LogP contribution >= 0.6 is 24.0 Å². The third kappa shape index (κ3) is 1.91. The van der Waals surface area contributed by atoms with Gasteiger partial charge in [0, 0.05) is 0 Å². The lowest BCUT2D eigenvalue weighted by Gasteiger charge is -2.01. The molecule has 1 rings (SSSR count). The maximum Gasteiger partial charge on any atom is 0.439 e. The number of thiocarbonyl (C=S) groups is 1. The predicted molar refractivity (Wildman–Crippen MR) is 41.7 cm³/mol. The molecule has 62 valence electrons. The monoisotopic (exact) mass is 200 g/mol. The van der Waals surface area contributed by atoms with Gasteiger partial charge in [0.1, 0.15) is 6.17 Å². The molecule has 0 spiro atoms. The average molecular weight is 200 g/mol. The summed E-state index contributed by atoms with van der Waals surface area (Å²) < 4.78 is 35.6. The van der Waals surface area contributed by atoms with Gasteiger partial charge in [-0.2, -0.15) is 13.2 Å². The summed E-state index contributed by atoms with van der Waals surface area (Å²) in [7, 11) is 0. The number of halogens is 3. The average Bonchev–Trinajstić information content (AvgIpc) is 2.11. The van der Waals surface area contributed by atoms with Crippen LogP contribution in [0.15, 0.2) is 4.99 Å². The Morgan fingerprint density at radius 3 is 2.27 bits per heavy atom. The van der Waals surface area contributed by atoms with Crippen molar-refractivity contribution in [3.05, 3.63) is 0 Å². The normalized spacial score (nSPS) is 25.6. The van der Waals surface area contributed by atoms with Crippen molar-refractivity contribution in [1.29, 1.82) is 0 Å². The van der Waals surface area contributed by atoms with Gasteiger partial charge < -0.3 is 5.73 Å². The van der Waals surface area contributed by atoms with Crippen molar-refractivity contribution < 1.29 is 13.2 Å². The zero-order valence-corrected chi connectivity index (χ0v) is 6.69. The van der Waals surface area contributed by atoms with Gasteiger partial charge >= 0.3 is 6.18 Å². The summed E-state index contributed by atoms with van der Waals surface area (Å²) in [5, 5.41) is -0.949. The first-order valence-electron chi connectivity index (χ1n) is 2.53. The molecule has 1 aliphatic rings. The Morgan fingerprint density at radius 1 is 1.55 bits per heavy atom. The number of aliphatic imine (C=N–C) groups is 1. The van der Waals surface area contributed by atoms with Gasteiger partial charge in [-0.15, -0.1) is 0 Å². The van der Waals surface area contributed by atoms with Crippen molar-refractivity contribution in [3.8, 4) is 0 Å². The lowest BCUT2D eigenvalue weighted by Crippen LogP contribution is -2.20. The number of nitrogens with two attached hydrogens (primary N) is 1. The van der Waals surface area contributed by atoms with E-state index in [1.165, 1.54) is 0 Å². The van der Waals surface area contributed by atoms with Crippen LogP contribution in [0.1, 0.15) is 0 Å². The zero-order chi connectivity index (χ0) is 8.65. The molecule has 1 heterocycles. The van der Waals surface area contributed by atoms with Gasteiger partial charge in [0.15, 0.2) is 5.04 Å². The van der Waals surface area contributed by atoms with E-state index in [0.717, 1.165) is 0 Å². The van der Waals surface area contributed by atoms with E-state index >= 15 is 0 Å². The van der Waals surface area contributed by atoms with E-state index in [0.29, 0.717) is 11.8 Å². The highest BCUT2D eigenvalue weighted by Gasteiger charge is 2.41. The fourth-order valence-electron chi connectivity index (χ4n) is 0.492. The Bertz CT molecular complexity index is 222. The van der Waals surface area contributed by atoms with Crippen LogP contribution in [0.5, 0.6) is 0 Å². The molecule has 2 N–H and O–H groups in total. The highest BCUT2D eigenvalue weighted by molar-refractivity contribution is 8.33. The number of alkyl halides is 3. The van der Waals surface area contributed by atoms with Crippen molar-refractivity contribution in [3.63, 3.8) is 0 Å². The maximum atomic E-state index is 11.8. The first-order valence-corrected chi connectivity index (χ1v) is 3.76. The zero-order valence-electron chi connectivity index (χ0n) is 5.05. The molecule has 0 fully saturated rings. The molecule has 0 aromatic heterocycles. The summed E-state index contributed by atoms with van der Waals surface area (Å²) in [4.78, 5) is 3.13. The summed E-state index contributed by atoms with van der Waals surface area (Å²) in [6, 6.07) is 0. The minimum atomic E-state index is -4.41. The van der Waals surface area contributed by atoms with E-state index in [1.807, 2.05) is 0 Å². The van der Waals surface area contributed by atoms with E-state index in [9.17, 15) is 13.2 Å². The molecule has 1 aliphatic heterocycles. The van der Waals surface area contributed by atoms with Gasteiger partial charge in [0.05, 0.1) is 4.20 Å². The molecule has 0 aromatic rings. The number of rotatable bonds is 0. The van der Waals surface area contributed by atoms with Crippen LogP contribution in [0, 0.1) is 0 Å². The summed E-state index contributed by atoms with van der Waals surface area (Å²) >= 11 is 4.92. The molecule has 1 unspecified atom stereocenters. The molecule has 0 aromatic carbocycles. The van der Waals surface area contributed by atoms with E-state index in [-0.39, 0.29) is 4.20 Å². The Kier molecular flexibility index (Phi) is 2.22. The Hall–Kier alpha value is -0.140. The molecule has 0 saturated heterocycles. The Balaban J connectivity index is 2.79. The summed E-state index contributed by atoms with van der Waals surface area (Å²) in [5.74, 6) is 0. The number of nitrogens with zero attached hydrogens (tertiary/aromatic N) is 1. The van der Waals surface area contributed by atoms with Crippen LogP contribution in [0.25, 0.3) is 0 Å². The summed E-state index contributed by atoms with van der Waals surface area (Å²) in [5.41, 5.74) is 5.12. The minimum Gasteiger partial charge on any atom is -0.305 e. The SMILES string of the molecule is NC1N=C(C(F)(F)F)SC1=S. The van der Waals surface area contributed by atoms with E-state index in [1.54, 1.807) is 0 Å².